The molecule has 1 aromatic heterocycles. The van der Waals surface area contributed by atoms with Crippen molar-refractivity contribution in [2.75, 3.05) is 5.32 Å². The number of carbonyl (C=O) groups is 1. The van der Waals surface area contributed by atoms with Crippen molar-refractivity contribution in [2.24, 2.45) is 0 Å². The average Bonchev–Trinajstić information content (AvgIpc) is 3.12. The average molecular weight is 428 g/mol. The van der Waals surface area contributed by atoms with Crippen LogP contribution in [0.2, 0.25) is 15.1 Å². The summed E-state index contributed by atoms with van der Waals surface area (Å²) in [7, 11) is 0. The number of carbonyl (C=O) groups excluding carboxylic acids is 1. The Bertz CT molecular complexity index is 886. The molecule has 0 fully saturated rings. The number of thiazole rings is 1. The van der Waals surface area contributed by atoms with Crippen molar-refractivity contribution in [3.8, 4) is 0 Å². The molecule has 0 radical (unpaired) electrons. The molecule has 26 heavy (non-hydrogen) atoms. The van der Waals surface area contributed by atoms with Crippen molar-refractivity contribution in [1.82, 2.24) is 4.98 Å². The van der Waals surface area contributed by atoms with Crippen LogP contribution in [0.4, 0.5) is 5.13 Å². The molecule has 0 aliphatic carbocycles. The van der Waals surface area contributed by atoms with E-state index in [0.29, 0.717) is 25.8 Å². The summed E-state index contributed by atoms with van der Waals surface area (Å²) in [5.41, 5.74) is 1.49. The number of benzene rings is 2. The second kappa shape index (κ2) is 8.84. The SMILES string of the molecule is O=C(Nc1nccs1)C(OCc1ccc(Cl)c(Cl)c1)c1ccc(Cl)cc1. The van der Waals surface area contributed by atoms with Crippen LogP contribution in [0, 0.1) is 0 Å². The number of ether oxygens (including phenoxy) is 1. The summed E-state index contributed by atoms with van der Waals surface area (Å²) in [6.07, 6.45) is 0.791. The number of rotatable bonds is 6. The van der Waals surface area contributed by atoms with Gasteiger partial charge in [0.15, 0.2) is 11.2 Å². The van der Waals surface area contributed by atoms with Crippen molar-refractivity contribution in [1.29, 1.82) is 0 Å². The van der Waals surface area contributed by atoms with Gasteiger partial charge in [-0.05, 0) is 35.4 Å². The molecule has 3 aromatic rings. The van der Waals surface area contributed by atoms with Crippen LogP contribution in [-0.2, 0) is 16.1 Å². The summed E-state index contributed by atoms with van der Waals surface area (Å²) >= 11 is 19.2. The largest absolute Gasteiger partial charge is 0.359 e. The van der Waals surface area contributed by atoms with Crippen molar-refractivity contribution < 1.29 is 9.53 Å². The summed E-state index contributed by atoms with van der Waals surface area (Å²) in [6, 6.07) is 12.1. The minimum atomic E-state index is -0.828. The molecule has 8 heteroatoms. The van der Waals surface area contributed by atoms with Crippen LogP contribution in [0.1, 0.15) is 17.2 Å². The predicted molar refractivity (Wildman–Crippen MR) is 106 cm³/mol. The standard InChI is InChI=1S/C18H13Cl3N2O2S/c19-13-4-2-12(3-5-13)16(17(24)23-18-22-7-8-26-18)25-10-11-1-6-14(20)15(21)9-11/h1-9,16H,10H2,(H,22,23,24). The molecule has 1 unspecified atom stereocenters. The van der Waals surface area contributed by atoms with E-state index in [-0.39, 0.29) is 12.5 Å². The Labute approximate surface area is 169 Å². The van der Waals surface area contributed by atoms with Crippen LogP contribution >= 0.6 is 46.1 Å². The lowest BCUT2D eigenvalue weighted by Gasteiger charge is -2.18. The molecule has 0 bridgehead atoms. The van der Waals surface area contributed by atoms with Crippen LogP contribution < -0.4 is 5.32 Å². The Morgan fingerprint density at radius 3 is 2.54 bits per heavy atom. The lowest BCUT2D eigenvalue weighted by Crippen LogP contribution is -2.23. The van der Waals surface area contributed by atoms with Gasteiger partial charge in [-0.1, -0.05) is 53.0 Å². The van der Waals surface area contributed by atoms with Gasteiger partial charge in [0.2, 0.25) is 0 Å². The first kappa shape index (κ1) is 19.1. The Hall–Kier alpha value is -1.63. The van der Waals surface area contributed by atoms with Crippen LogP contribution in [0.5, 0.6) is 0 Å². The highest BCUT2D eigenvalue weighted by Crippen LogP contribution is 2.26. The van der Waals surface area contributed by atoms with Crippen molar-refractivity contribution in [2.45, 2.75) is 12.7 Å². The maximum Gasteiger partial charge on any atom is 0.259 e. The second-order valence-corrected chi connectivity index (χ2v) is 7.46. The number of nitrogens with zero attached hydrogens (tertiary/aromatic N) is 1. The van der Waals surface area contributed by atoms with Gasteiger partial charge in [-0.15, -0.1) is 11.3 Å². The third-order valence-electron chi connectivity index (χ3n) is 3.47. The zero-order chi connectivity index (χ0) is 18.5. The maximum absolute atomic E-state index is 12.7. The Balaban J connectivity index is 1.78. The zero-order valence-corrected chi connectivity index (χ0v) is 16.4. The Kier molecular flexibility index (Phi) is 6.51. The van der Waals surface area contributed by atoms with E-state index in [1.807, 2.05) is 0 Å². The van der Waals surface area contributed by atoms with Crippen molar-refractivity contribution in [3.63, 3.8) is 0 Å². The molecular weight excluding hydrogens is 415 g/mol. The minimum Gasteiger partial charge on any atom is -0.359 e. The predicted octanol–water partition coefficient (Wildman–Crippen LogP) is 6.00. The molecule has 0 aliphatic rings. The third-order valence-corrected chi connectivity index (χ3v) is 5.15. The molecule has 1 atom stereocenters. The topological polar surface area (TPSA) is 51.2 Å². The number of hydrogen-bond donors (Lipinski definition) is 1. The molecule has 0 spiro atoms. The first-order valence-electron chi connectivity index (χ1n) is 7.54. The van der Waals surface area contributed by atoms with Crippen molar-refractivity contribution >= 4 is 57.2 Å². The van der Waals surface area contributed by atoms with E-state index in [1.54, 1.807) is 54.0 Å². The highest BCUT2D eigenvalue weighted by Gasteiger charge is 2.22. The molecule has 1 N–H and O–H groups in total. The number of amides is 1. The fraction of sp³-hybridized carbons (Fsp3) is 0.111. The summed E-state index contributed by atoms with van der Waals surface area (Å²) in [6.45, 7) is 0.190. The van der Waals surface area contributed by atoms with Gasteiger partial charge in [-0.25, -0.2) is 4.98 Å². The maximum atomic E-state index is 12.7. The number of anilines is 1. The monoisotopic (exact) mass is 426 g/mol. The van der Waals surface area contributed by atoms with Gasteiger partial charge in [-0.3, -0.25) is 10.1 Å². The molecule has 1 heterocycles. The summed E-state index contributed by atoms with van der Waals surface area (Å²) in [4.78, 5) is 16.8. The molecule has 0 aliphatic heterocycles. The van der Waals surface area contributed by atoms with Gasteiger partial charge < -0.3 is 4.74 Å². The van der Waals surface area contributed by atoms with E-state index in [0.717, 1.165) is 5.56 Å². The fourth-order valence-corrected chi connectivity index (χ4v) is 3.20. The van der Waals surface area contributed by atoms with Crippen LogP contribution in [0.3, 0.4) is 0 Å². The molecule has 2 aromatic carbocycles. The normalized spacial score (nSPS) is 12.0. The lowest BCUT2D eigenvalue weighted by molar-refractivity contribution is -0.128. The Morgan fingerprint density at radius 1 is 1.12 bits per heavy atom. The highest BCUT2D eigenvalue weighted by atomic mass is 35.5. The summed E-state index contributed by atoms with van der Waals surface area (Å²) in [5, 5.41) is 6.52. The van der Waals surface area contributed by atoms with E-state index >= 15 is 0 Å². The third kappa shape index (κ3) is 4.96. The molecule has 4 nitrogen and oxygen atoms in total. The molecule has 1 amide bonds. The molecule has 134 valence electrons. The van der Waals surface area contributed by atoms with Crippen LogP contribution in [0.25, 0.3) is 0 Å². The van der Waals surface area contributed by atoms with Gasteiger partial charge in [-0.2, -0.15) is 0 Å². The molecular formula is C18H13Cl3N2O2S. The van der Waals surface area contributed by atoms with Crippen LogP contribution in [0.15, 0.2) is 54.0 Å². The fourth-order valence-electron chi connectivity index (χ4n) is 2.23. The quantitative estimate of drug-likeness (QED) is 0.525. The van der Waals surface area contributed by atoms with E-state index in [4.69, 9.17) is 39.5 Å². The number of halogens is 3. The van der Waals surface area contributed by atoms with E-state index in [1.165, 1.54) is 11.3 Å². The molecule has 0 saturated carbocycles. The smallest absolute Gasteiger partial charge is 0.259 e. The molecule has 0 saturated heterocycles. The van der Waals surface area contributed by atoms with Gasteiger partial charge in [0, 0.05) is 16.6 Å². The van der Waals surface area contributed by atoms with Crippen molar-refractivity contribution in [3.05, 3.63) is 80.2 Å². The second-order valence-electron chi connectivity index (χ2n) is 5.32. The summed E-state index contributed by atoms with van der Waals surface area (Å²) < 4.78 is 5.88. The molecule has 3 rings (SSSR count). The highest BCUT2D eigenvalue weighted by molar-refractivity contribution is 7.13. The first-order valence-corrected chi connectivity index (χ1v) is 9.55. The van der Waals surface area contributed by atoms with E-state index in [2.05, 4.69) is 10.3 Å². The first-order chi connectivity index (χ1) is 12.5. The van der Waals surface area contributed by atoms with E-state index in [9.17, 15) is 4.79 Å². The van der Waals surface area contributed by atoms with Gasteiger partial charge in [0.05, 0.1) is 16.7 Å². The Morgan fingerprint density at radius 2 is 1.88 bits per heavy atom. The van der Waals surface area contributed by atoms with Gasteiger partial charge >= 0.3 is 0 Å². The van der Waals surface area contributed by atoms with Gasteiger partial charge in [0.25, 0.3) is 5.91 Å². The minimum absolute atomic E-state index is 0.190. The number of aromatic nitrogens is 1. The van der Waals surface area contributed by atoms with E-state index < -0.39 is 6.10 Å². The number of nitrogens with one attached hydrogen (secondary N) is 1. The zero-order valence-electron chi connectivity index (χ0n) is 13.3. The van der Waals surface area contributed by atoms with Crippen LogP contribution in [-0.4, -0.2) is 10.9 Å². The lowest BCUT2D eigenvalue weighted by atomic mass is 10.1. The number of hydrogen-bond acceptors (Lipinski definition) is 4. The van der Waals surface area contributed by atoms with Gasteiger partial charge in [0.1, 0.15) is 0 Å². The summed E-state index contributed by atoms with van der Waals surface area (Å²) in [5.74, 6) is -0.317.